The topological polar surface area (TPSA) is 55.4 Å². The lowest BCUT2D eigenvalue weighted by atomic mass is 10.1. The Morgan fingerprint density at radius 1 is 1.23 bits per heavy atom. The molecular weight excluding hydrogens is 400 g/mol. The van der Waals surface area contributed by atoms with E-state index in [0.29, 0.717) is 28.7 Å². The highest BCUT2D eigenvalue weighted by molar-refractivity contribution is 14.1. The van der Waals surface area contributed by atoms with E-state index in [2.05, 4.69) is 5.32 Å². The maximum absolute atomic E-state index is 13.0. The van der Waals surface area contributed by atoms with E-state index in [0.717, 1.165) is 25.7 Å². The summed E-state index contributed by atoms with van der Waals surface area (Å²) in [6, 6.07) is 4.11. The monoisotopic (exact) mass is 421 g/mol. The number of hydrogen-bond donors (Lipinski definition) is 1. The van der Waals surface area contributed by atoms with E-state index in [9.17, 15) is 14.0 Å². The maximum atomic E-state index is 13.0. The van der Waals surface area contributed by atoms with E-state index in [1.165, 1.54) is 18.2 Å². The molecule has 0 fully saturated rings. The predicted molar refractivity (Wildman–Crippen MR) is 91.2 cm³/mol. The molecular formula is C16H21FINO3. The first-order valence-corrected chi connectivity index (χ1v) is 8.51. The highest BCUT2D eigenvalue weighted by Gasteiger charge is 2.09. The Hall–Kier alpha value is -1.18. The van der Waals surface area contributed by atoms with Crippen LogP contribution in [0.4, 0.5) is 4.39 Å². The van der Waals surface area contributed by atoms with Gasteiger partial charge in [-0.1, -0.05) is 12.8 Å². The summed E-state index contributed by atoms with van der Waals surface area (Å²) in [7, 11) is 0. The van der Waals surface area contributed by atoms with Crippen LogP contribution in [0, 0.1) is 9.39 Å². The lowest BCUT2D eigenvalue weighted by Gasteiger charge is -2.07. The number of carbonyl (C=O) groups excluding carboxylic acids is 2. The van der Waals surface area contributed by atoms with Crippen LogP contribution in [0.5, 0.6) is 0 Å². The number of unbranched alkanes of at least 4 members (excludes halogenated alkanes) is 3. The second kappa shape index (κ2) is 10.5. The molecule has 0 aromatic heterocycles. The normalized spacial score (nSPS) is 10.3. The van der Waals surface area contributed by atoms with Gasteiger partial charge in [0, 0.05) is 16.5 Å². The van der Waals surface area contributed by atoms with Gasteiger partial charge in [0.1, 0.15) is 5.82 Å². The van der Waals surface area contributed by atoms with E-state index in [-0.39, 0.29) is 17.7 Å². The highest BCUT2D eigenvalue weighted by Crippen LogP contribution is 2.13. The molecule has 0 bridgehead atoms. The van der Waals surface area contributed by atoms with Crippen molar-refractivity contribution in [2.75, 3.05) is 13.2 Å². The largest absolute Gasteiger partial charge is 0.466 e. The van der Waals surface area contributed by atoms with Crippen LogP contribution in [-0.2, 0) is 9.53 Å². The number of carbonyl (C=O) groups is 2. The molecule has 0 atom stereocenters. The summed E-state index contributed by atoms with van der Waals surface area (Å²) in [5, 5.41) is 2.82. The minimum atomic E-state index is -0.345. The molecule has 0 saturated carbocycles. The fourth-order valence-corrected chi connectivity index (χ4v) is 2.67. The summed E-state index contributed by atoms with van der Waals surface area (Å²) in [4.78, 5) is 23.1. The molecule has 122 valence electrons. The van der Waals surface area contributed by atoms with Crippen LogP contribution in [0.2, 0.25) is 0 Å². The first-order valence-electron chi connectivity index (χ1n) is 7.43. The second-order valence-corrected chi connectivity index (χ2v) is 6.01. The van der Waals surface area contributed by atoms with Gasteiger partial charge >= 0.3 is 5.97 Å². The van der Waals surface area contributed by atoms with Gasteiger partial charge in [-0.05, 0) is 60.6 Å². The number of ether oxygens (including phenoxy) is 1. The molecule has 6 heteroatoms. The molecule has 4 nitrogen and oxygen atoms in total. The van der Waals surface area contributed by atoms with Crippen molar-refractivity contribution < 1.29 is 18.7 Å². The summed E-state index contributed by atoms with van der Waals surface area (Å²) < 4.78 is 18.4. The Labute approximate surface area is 143 Å². The third-order valence-electron chi connectivity index (χ3n) is 3.07. The zero-order valence-electron chi connectivity index (χ0n) is 12.7. The molecule has 0 aliphatic heterocycles. The first kappa shape index (κ1) is 18.9. The minimum absolute atomic E-state index is 0.151. The number of amides is 1. The van der Waals surface area contributed by atoms with Gasteiger partial charge in [-0.25, -0.2) is 4.39 Å². The summed E-state index contributed by atoms with van der Waals surface area (Å²) in [5.74, 6) is -0.680. The minimum Gasteiger partial charge on any atom is -0.466 e. The molecule has 0 heterocycles. The molecule has 1 aromatic rings. The van der Waals surface area contributed by atoms with Crippen molar-refractivity contribution in [3.8, 4) is 0 Å². The number of benzene rings is 1. The molecule has 0 aliphatic carbocycles. The molecule has 1 rings (SSSR count). The smallest absolute Gasteiger partial charge is 0.305 e. The summed E-state index contributed by atoms with van der Waals surface area (Å²) >= 11 is 1.95. The van der Waals surface area contributed by atoms with E-state index < -0.39 is 0 Å². The van der Waals surface area contributed by atoms with Gasteiger partial charge in [0.15, 0.2) is 0 Å². The van der Waals surface area contributed by atoms with Crippen LogP contribution in [0.25, 0.3) is 0 Å². The predicted octanol–water partition coefficient (Wildman–Crippen LogP) is 3.67. The molecule has 1 aromatic carbocycles. The van der Waals surface area contributed by atoms with Gasteiger partial charge in [-0.15, -0.1) is 0 Å². The van der Waals surface area contributed by atoms with E-state index in [1.54, 1.807) is 6.92 Å². The summed E-state index contributed by atoms with van der Waals surface area (Å²) in [6.45, 7) is 2.79. The van der Waals surface area contributed by atoms with Crippen LogP contribution in [0.1, 0.15) is 49.4 Å². The van der Waals surface area contributed by atoms with E-state index in [4.69, 9.17) is 4.74 Å². The number of rotatable bonds is 9. The number of esters is 1. The van der Waals surface area contributed by atoms with Gasteiger partial charge in [0.25, 0.3) is 5.91 Å². The average Bonchev–Trinajstić information content (AvgIpc) is 2.46. The third kappa shape index (κ3) is 7.20. The lowest BCUT2D eigenvalue weighted by molar-refractivity contribution is -0.143. The first-order chi connectivity index (χ1) is 10.5. The van der Waals surface area contributed by atoms with Crippen molar-refractivity contribution in [2.45, 2.75) is 39.0 Å². The fourth-order valence-electron chi connectivity index (χ4n) is 1.95. The summed E-state index contributed by atoms with van der Waals surface area (Å²) in [6.07, 6.45) is 3.99. The van der Waals surface area contributed by atoms with Gasteiger partial charge in [0.05, 0.1) is 12.2 Å². The van der Waals surface area contributed by atoms with Crippen LogP contribution < -0.4 is 5.32 Å². The fraction of sp³-hybridized carbons (Fsp3) is 0.500. The molecule has 1 amide bonds. The Balaban J connectivity index is 2.14. The maximum Gasteiger partial charge on any atom is 0.305 e. The van der Waals surface area contributed by atoms with Crippen LogP contribution in [0.15, 0.2) is 18.2 Å². The van der Waals surface area contributed by atoms with Crippen LogP contribution in [-0.4, -0.2) is 25.0 Å². The molecule has 0 spiro atoms. The molecule has 1 N–H and O–H groups in total. The van der Waals surface area contributed by atoms with Crippen molar-refractivity contribution in [1.82, 2.24) is 5.32 Å². The van der Waals surface area contributed by atoms with Gasteiger partial charge in [0.2, 0.25) is 0 Å². The molecule has 0 radical (unpaired) electrons. The second-order valence-electron chi connectivity index (χ2n) is 4.85. The number of halogens is 2. The zero-order chi connectivity index (χ0) is 16.4. The average molecular weight is 421 g/mol. The van der Waals surface area contributed by atoms with Gasteiger partial charge in [-0.2, -0.15) is 0 Å². The Kier molecular flexibility index (Phi) is 9.03. The zero-order valence-corrected chi connectivity index (χ0v) is 14.8. The Morgan fingerprint density at radius 2 is 1.95 bits per heavy atom. The third-order valence-corrected chi connectivity index (χ3v) is 3.97. The number of hydrogen-bond acceptors (Lipinski definition) is 3. The highest BCUT2D eigenvalue weighted by atomic mass is 127. The van der Waals surface area contributed by atoms with E-state index >= 15 is 0 Å². The molecule has 22 heavy (non-hydrogen) atoms. The quantitative estimate of drug-likeness (QED) is 0.376. The van der Waals surface area contributed by atoms with Crippen molar-refractivity contribution in [1.29, 1.82) is 0 Å². The van der Waals surface area contributed by atoms with Crippen LogP contribution >= 0.6 is 22.6 Å². The standard InChI is InChI=1S/C16H21FINO3/c1-2-22-15(20)7-5-3-4-6-10-19-16(21)13-9-8-12(17)11-14(13)18/h8-9,11H,2-7,10H2,1H3,(H,19,21). The Morgan fingerprint density at radius 3 is 2.64 bits per heavy atom. The van der Waals surface area contributed by atoms with Crippen molar-refractivity contribution in [3.63, 3.8) is 0 Å². The lowest BCUT2D eigenvalue weighted by Crippen LogP contribution is -2.25. The van der Waals surface area contributed by atoms with E-state index in [1.807, 2.05) is 22.6 Å². The van der Waals surface area contributed by atoms with Crippen molar-refractivity contribution in [3.05, 3.63) is 33.1 Å². The Bertz CT molecular complexity index is 508. The van der Waals surface area contributed by atoms with Crippen molar-refractivity contribution >= 4 is 34.5 Å². The number of nitrogens with one attached hydrogen (secondary N) is 1. The molecule has 0 unspecified atom stereocenters. The van der Waals surface area contributed by atoms with Gasteiger partial charge < -0.3 is 10.1 Å². The van der Waals surface area contributed by atoms with Crippen molar-refractivity contribution in [2.24, 2.45) is 0 Å². The van der Waals surface area contributed by atoms with Crippen LogP contribution in [0.3, 0.4) is 0 Å². The van der Waals surface area contributed by atoms with Gasteiger partial charge in [-0.3, -0.25) is 9.59 Å². The molecule has 0 aliphatic rings. The molecule has 0 saturated heterocycles. The summed E-state index contributed by atoms with van der Waals surface area (Å²) in [5.41, 5.74) is 0.490. The SMILES string of the molecule is CCOC(=O)CCCCCCNC(=O)c1ccc(F)cc1I.